The first kappa shape index (κ1) is 18.8. The zero-order chi connectivity index (χ0) is 19.5. The number of halogens is 2. The van der Waals surface area contributed by atoms with Gasteiger partial charge in [-0.15, -0.1) is 11.3 Å². The van der Waals surface area contributed by atoms with Crippen LogP contribution in [0, 0.1) is 5.82 Å². The normalized spacial score (nSPS) is 10.9. The van der Waals surface area contributed by atoms with Crippen LogP contribution in [0.3, 0.4) is 0 Å². The molecule has 0 fully saturated rings. The molecule has 4 rings (SSSR count). The molecular weight excluding hydrogens is 419 g/mol. The number of hydrogen-bond acceptors (Lipinski definition) is 6. The average molecular weight is 431 g/mol. The molecule has 0 saturated carbocycles. The smallest absolute Gasteiger partial charge is 0.234 e. The molecular formula is C19H12ClFN4OS2. The van der Waals surface area contributed by atoms with Crippen LogP contribution >= 0.6 is 34.7 Å². The van der Waals surface area contributed by atoms with Crippen molar-refractivity contribution in [2.45, 2.75) is 5.03 Å². The first-order chi connectivity index (χ1) is 13.6. The number of rotatable bonds is 5. The lowest BCUT2D eigenvalue weighted by molar-refractivity contribution is -0.113. The molecule has 3 aromatic heterocycles. The average Bonchev–Trinajstić information content (AvgIpc) is 3.13. The van der Waals surface area contributed by atoms with E-state index in [1.165, 1.54) is 41.6 Å². The van der Waals surface area contributed by atoms with Crippen LogP contribution in [-0.4, -0.2) is 26.6 Å². The highest BCUT2D eigenvalue weighted by atomic mass is 35.5. The SMILES string of the molecule is O=C(CSc1ncnc2scc(-c3ccc(F)cc3)c12)Nc1cccnc1Cl. The lowest BCUT2D eigenvalue weighted by Gasteiger charge is -2.07. The molecule has 9 heteroatoms. The summed E-state index contributed by atoms with van der Waals surface area (Å²) in [5.41, 5.74) is 2.25. The van der Waals surface area contributed by atoms with Crippen molar-refractivity contribution in [1.29, 1.82) is 0 Å². The number of thioether (sulfide) groups is 1. The molecule has 0 radical (unpaired) electrons. The molecule has 4 aromatic rings. The van der Waals surface area contributed by atoms with Gasteiger partial charge in [0.1, 0.15) is 22.0 Å². The summed E-state index contributed by atoms with van der Waals surface area (Å²) in [4.78, 5) is 25.7. The third-order valence-electron chi connectivity index (χ3n) is 3.86. The number of nitrogens with one attached hydrogen (secondary N) is 1. The molecule has 1 aromatic carbocycles. The van der Waals surface area contributed by atoms with Gasteiger partial charge in [-0.05, 0) is 29.8 Å². The highest BCUT2D eigenvalue weighted by Crippen LogP contribution is 2.37. The Hall–Kier alpha value is -2.55. The molecule has 0 aliphatic heterocycles. The van der Waals surface area contributed by atoms with Gasteiger partial charge in [-0.25, -0.2) is 19.3 Å². The lowest BCUT2D eigenvalue weighted by Crippen LogP contribution is -2.14. The Morgan fingerprint density at radius 3 is 2.79 bits per heavy atom. The number of aromatic nitrogens is 3. The van der Waals surface area contributed by atoms with E-state index in [0.29, 0.717) is 10.7 Å². The molecule has 1 N–H and O–H groups in total. The number of carbonyl (C=O) groups excluding carboxylic acids is 1. The van der Waals surface area contributed by atoms with Crippen LogP contribution < -0.4 is 5.32 Å². The van der Waals surface area contributed by atoms with E-state index in [4.69, 9.17) is 11.6 Å². The van der Waals surface area contributed by atoms with E-state index < -0.39 is 0 Å². The van der Waals surface area contributed by atoms with E-state index in [1.54, 1.807) is 30.5 Å². The van der Waals surface area contributed by atoms with Gasteiger partial charge in [0, 0.05) is 17.1 Å². The second kappa shape index (κ2) is 8.22. The maximum absolute atomic E-state index is 13.3. The van der Waals surface area contributed by atoms with Crippen molar-refractivity contribution < 1.29 is 9.18 Å². The monoisotopic (exact) mass is 430 g/mol. The molecule has 3 heterocycles. The Bertz CT molecular complexity index is 1150. The lowest BCUT2D eigenvalue weighted by atomic mass is 10.1. The molecule has 0 unspecified atom stereocenters. The molecule has 0 aliphatic rings. The minimum atomic E-state index is -0.292. The third kappa shape index (κ3) is 3.99. The summed E-state index contributed by atoms with van der Waals surface area (Å²) in [5, 5.41) is 6.49. The number of thiophene rings is 1. The van der Waals surface area contributed by atoms with E-state index in [0.717, 1.165) is 21.3 Å². The van der Waals surface area contributed by atoms with E-state index in [9.17, 15) is 9.18 Å². The summed E-state index contributed by atoms with van der Waals surface area (Å²) in [6.07, 6.45) is 3.03. The summed E-state index contributed by atoms with van der Waals surface area (Å²) < 4.78 is 13.3. The predicted molar refractivity (Wildman–Crippen MR) is 111 cm³/mol. The largest absolute Gasteiger partial charge is 0.323 e. The zero-order valence-corrected chi connectivity index (χ0v) is 16.6. The summed E-state index contributed by atoms with van der Waals surface area (Å²) in [6, 6.07) is 9.65. The second-order valence-electron chi connectivity index (χ2n) is 5.69. The van der Waals surface area contributed by atoms with E-state index >= 15 is 0 Å². The van der Waals surface area contributed by atoms with E-state index in [2.05, 4.69) is 20.3 Å². The maximum atomic E-state index is 13.3. The molecule has 0 bridgehead atoms. The van der Waals surface area contributed by atoms with Crippen LogP contribution in [0.25, 0.3) is 21.3 Å². The maximum Gasteiger partial charge on any atom is 0.234 e. The number of benzene rings is 1. The minimum Gasteiger partial charge on any atom is -0.323 e. The van der Waals surface area contributed by atoms with Crippen LogP contribution in [0.1, 0.15) is 0 Å². The van der Waals surface area contributed by atoms with Crippen LogP contribution in [-0.2, 0) is 4.79 Å². The minimum absolute atomic E-state index is 0.149. The van der Waals surface area contributed by atoms with Gasteiger partial charge in [-0.1, -0.05) is 35.5 Å². The Labute approximate surface area is 173 Å². The molecule has 0 aliphatic carbocycles. The highest BCUT2D eigenvalue weighted by Gasteiger charge is 2.15. The van der Waals surface area contributed by atoms with E-state index in [-0.39, 0.29) is 22.6 Å². The predicted octanol–water partition coefficient (Wildman–Crippen LogP) is 5.28. The number of pyridine rings is 1. The third-order valence-corrected chi connectivity index (χ3v) is 6.04. The van der Waals surface area contributed by atoms with Gasteiger partial charge in [0.2, 0.25) is 5.91 Å². The molecule has 0 atom stereocenters. The van der Waals surface area contributed by atoms with Crippen LogP contribution in [0.4, 0.5) is 10.1 Å². The van der Waals surface area contributed by atoms with Crippen molar-refractivity contribution in [3.05, 3.63) is 65.3 Å². The second-order valence-corrected chi connectivity index (χ2v) is 7.87. The van der Waals surface area contributed by atoms with Gasteiger partial charge < -0.3 is 5.32 Å². The number of nitrogens with zero attached hydrogens (tertiary/aromatic N) is 3. The number of hydrogen-bond donors (Lipinski definition) is 1. The molecule has 0 saturated heterocycles. The highest BCUT2D eigenvalue weighted by molar-refractivity contribution is 8.00. The number of fused-ring (bicyclic) bond motifs is 1. The topological polar surface area (TPSA) is 67.8 Å². The standard InChI is InChI=1S/C19H12ClFN4OS2/c20-17-14(2-1-7-22-17)25-15(26)9-28-19-16-13(8-27-18(16)23-10-24-19)11-3-5-12(21)6-4-11/h1-8,10H,9H2,(H,25,26). The first-order valence-corrected chi connectivity index (χ1v) is 10.4. The summed E-state index contributed by atoms with van der Waals surface area (Å²) >= 11 is 8.76. The van der Waals surface area contributed by atoms with Gasteiger partial charge in [-0.2, -0.15) is 0 Å². The fourth-order valence-electron chi connectivity index (χ4n) is 2.60. The summed E-state index contributed by atoms with van der Waals surface area (Å²) in [6.45, 7) is 0. The van der Waals surface area contributed by atoms with Crippen LogP contribution in [0.2, 0.25) is 5.15 Å². The molecule has 0 spiro atoms. The molecule has 5 nitrogen and oxygen atoms in total. The van der Waals surface area contributed by atoms with Crippen LogP contribution in [0.5, 0.6) is 0 Å². The number of anilines is 1. The number of carbonyl (C=O) groups is 1. The molecule has 28 heavy (non-hydrogen) atoms. The van der Waals surface area contributed by atoms with Gasteiger partial charge in [0.25, 0.3) is 0 Å². The summed E-state index contributed by atoms with van der Waals surface area (Å²) in [7, 11) is 0. The molecule has 1 amide bonds. The van der Waals surface area contributed by atoms with Gasteiger partial charge in [-0.3, -0.25) is 4.79 Å². The van der Waals surface area contributed by atoms with Crippen molar-refractivity contribution in [2.75, 3.05) is 11.1 Å². The van der Waals surface area contributed by atoms with Crippen molar-refractivity contribution in [2.24, 2.45) is 0 Å². The fraction of sp³-hybridized carbons (Fsp3) is 0.0526. The van der Waals surface area contributed by atoms with Gasteiger partial charge >= 0.3 is 0 Å². The Morgan fingerprint density at radius 2 is 2.00 bits per heavy atom. The first-order valence-electron chi connectivity index (χ1n) is 8.13. The Morgan fingerprint density at radius 1 is 1.18 bits per heavy atom. The van der Waals surface area contributed by atoms with Crippen molar-refractivity contribution >= 4 is 56.5 Å². The Balaban J connectivity index is 1.57. The summed E-state index contributed by atoms with van der Waals surface area (Å²) in [5.74, 6) is -0.360. The van der Waals surface area contributed by atoms with Gasteiger partial charge in [0.15, 0.2) is 5.15 Å². The number of amides is 1. The van der Waals surface area contributed by atoms with E-state index in [1.807, 2.05) is 5.38 Å². The van der Waals surface area contributed by atoms with Gasteiger partial charge in [0.05, 0.1) is 16.8 Å². The van der Waals surface area contributed by atoms with Crippen LogP contribution in [0.15, 0.2) is 59.3 Å². The quantitative estimate of drug-likeness (QED) is 0.265. The Kier molecular flexibility index (Phi) is 5.52. The van der Waals surface area contributed by atoms with Crippen molar-refractivity contribution in [1.82, 2.24) is 15.0 Å². The van der Waals surface area contributed by atoms with Crippen molar-refractivity contribution in [3.63, 3.8) is 0 Å². The molecule has 140 valence electrons. The van der Waals surface area contributed by atoms with Crippen molar-refractivity contribution in [3.8, 4) is 11.1 Å². The zero-order valence-electron chi connectivity index (χ0n) is 14.2. The fourth-order valence-corrected chi connectivity index (χ4v) is 4.56.